The molecule has 2 amide bonds. The molecule has 4 rings (SSSR count). The first-order valence-electron chi connectivity index (χ1n) is 11.1. The second-order valence-corrected chi connectivity index (χ2v) is 8.42. The number of likely N-dealkylation sites (tertiary alicyclic amines) is 1. The molecule has 0 aliphatic carbocycles. The van der Waals surface area contributed by atoms with E-state index in [0.29, 0.717) is 35.9 Å². The van der Waals surface area contributed by atoms with Gasteiger partial charge in [-0.2, -0.15) is 0 Å². The lowest BCUT2D eigenvalue weighted by molar-refractivity contribution is -0.134. The Morgan fingerprint density at radius 1 is 1.12 bits per heavy atom. The number of piperidine rings is 1. The van der Waals surface area contributed by atoms with E-state index in [2.05, 4.69) is 20.6 Å². The molecule has 3 N–H and O–H groups in total. The van der Waals surface area contributed by atoms with Crippen molar-refractivity contribution in [2.45, 2.75) is 37.8 Å². The molecule has 2 aliphatic heterocycles. The average molecular weight is 458 g/mol. The number of carbonyl (C=O) groups excluding carboxylic acids is 2. The number of benzene rings is 1. The van der Waals surface area contributed by atoms with Crippen molar-refractivity contribution in [2.75, 3.05) is 41.0 Å². The minimum Gasteiger partial charge on any atom is -0.493 e. The number of rotatable bonds is 6. The van der Waals surface area contributed by atoms with Gasteiger partial charge in [-0.1, -0.05) is 0 Å². The number of hydrogen-bond donors (Lipinski definition) is 3. The van der Waals surface area contributed by atoms with Crippen LogP contribution in [0.5, 0.6) is 17.2 Å². The maximum absolute atomic E-state index is 13.1. The number of carbonyl (C=O) groups is 2. The zero-order valence-corrected chi connectivity index (χ0v) is 19.5. The number of imidazole rings is 1. The fraction of sp³-hybridized carbons (Fsp3) is 0.522. The number of nitrogens with zero attached hydrogens (tertiary/aromatic N) is 2. The molecule has 2 aromatic rings. The van der Waals surface area contributed by atoms with Crippen LogP contribution < -0.4 is 24.8 Å². The second-order valence-electron chi connectivity index (χ2n) is 8.42. The highest BCUT2D eigenvalue weighted by Crippen LogP contribution is 2.38. The largest absolute Gasteiger partial charge is 0.493 e. The summed E-state index contributed by atoms with van der Waals surface area (Å²) in [5.74, 6) is 0.654. The van der Waals surface area contributed by atoms with Gasteiger partial charge in [0.25, 0.3) is 5.91 Å². The van der Waals surface area contributed by atoms with E-state index in [1.165, 1.54) is 27.0 Å². The van der Waals surface area contributed by atoms with Crippen molar-refractivity contribution in [3.05, 3.63) is 35.4 Å². The minimum absolute atomic E-state index is 0.108. The molecule has 0 radical (unpaired) electrons. The van der Waals surface area contributed by atoms with Crippen molar-refractivity contribution in [2.24, 2.45) is 0 Å². The highest BCUT2D eigenvalue weighted by Gasteiger charge is 2.42. The predicted octanol–water partition coefficient (Wildman–Crippen LogP) is 1.22. The Hall–Kier alpha value is -3.27. The van der Waals surface area contributed by atoms with Crippen LogP contribution in [0.2, 0.25) is 0 Å². The number of methoxy groups -OCH3 is 3. The number of H-pyrrole nitrogens is 1. The number of aromatic nitrogens is 2. The van der Waals surface area contributed by atoms with Crippen molar-refractivity contribution in [3.8, 4) is 17.2 Å². The molecule has 1 saturated heterocycles. The van der Waals surface area contributed by atoms with E-state index in [4.69, 9.17) is 14.2 Å². The first kappa shape index (κ1) is 22.9. The Bertz CT molecular complexity index is 1000. The van der Waals surface area contributed by atoms with E-state index < -0.39 is 11.9 Å². The summed E-state index contributed by atoms with van der Waals surface area (Å²) in [7, 11) is 4.47. The standard InChI is InChI=1S/C23H31N5O5/c1-14(27-21(29)15-11-17(31-2)19(33-4)18(12-15)32-3)22(30)28-9-6-23(7-10-28)20-16(5-8-26-23)24-13-25-20/h11-14,26H,5-10H2,1-4H3,(H,24,25)(H,27,29)/t14-/m0/s1. The van der Waals surface area contributed by atoms with Gasteiger partial charge < -0.3 is 34.7 Å². The van der Waals surface area contributed by atoms with Gasteiger partial charge in [0.15, 0.2) is 11.5 Å². The molecule has 33 heavy (non-hydrogen) atoms. The molecule has 1 atom stereocenters. The van der Waals surface area contributed by atoms with Gasteiger partial charge in [0.05, 0.1) is 38.9 Å². The number of amides is 2. The Kier molecular flexibility index (Phi) is 6.46. The first-order chi connectivity index (χ1) is 15.9. The molecular formula is C23H31N5O5. The Morgan fingerprint density at radius 2 is 1.79 bits per heavy atom. The predicted molar refractivity (Wildman–Crippen MR) is 121 cm³/mol. The summed E-state index contributed by atoms with van der Waals surface area (Å²) in [6.45, 7) is 3.79. The summed E-state index contributed by atoms with van der Waals surface area (Å²) in [6, 6.07) is 2.45. The van der Waals surface area contributed by atoms with Gasteiger partial charge in [-0.05, 0) is 31.9 Å². The molecule has 178 valence electrons. The van der Waals surface area contributed by atoms with Crippen LogP contribution in [-0.2, 0) is 16.8 Å². The summed E-state index contributed by atoms with van der Waals surface area (Å²) < 4.78 is 15.9. The molecule has 1 spiro atoms. The fourth-order valence-corrected chi connectivity index (χ4v) is 4.78. The van der Waals surface area contributed by atoms with Crippen molar-refractivity contribution in [1.29, 1.82) is 0 Å². The Balaban J connectivity index is 1.40. The van der Waals surface area contributed by atoms with Gasteiger partial charge in [0.2, 0.25) is 11.7 Å². The summed E-state index contributed by atoms with van der Waals surface area (Å²) in [5, 5.41) is 6.43. The van der Waals surface area contributed by atoms with Crippen molar-refractivity contribution >= 4 is 11.8 Å². The van der Waals surface area contributed by atoms with E-state index in [0.717, 1.165) is 31.5 Å². The van der Waals surface area contributed by atoms with Crippen LogP contribution in [0.15, 0.2) is 18.5 Å². The molecule has 10 nitrogen and oxygen atoms in total. The van der Waals surface area contributed by atoms with E-state index >= 15 is 0 Å². The van der Waals surface area contributed by atoms with Gasteiger partial charge in [-0.3, -0.25) is 9.59 Å². The summed E-state index contributed by atoms with van der Waals surface area (Å²) >= 11 is 0. The Labute approximate surface area is 193 Å². The molecule has 0 saturated carbocycles. The molecule has 0 unspecified atom stereocenters. The molecule has 10 heteroatoms. The molecular weight excluding hydrogens is 426 g/mol. The molecule has 1 aromatic carbocycles. The maximum atomic E-state index is 13.1. The van der Waals surface area contributed by atoms with Crippen LogP contribution in [-0.4, -0.2) is 73.7 Å². The van der Waals surface area contributed by atoms with Gasteiger partial charge in [0.1, 0.15) is 6.04 Å². The van der Waals surface area contributed by atoms with E-state index in [1.54, 1.807) is 25.4 Å². The third kappa shape index (κ3) is 4.22. The van der Waals surface area contributed by atoms with Gasteiger partial charge in [-0.25, -0.2) is 4.98 Å². The van der Waals surface area contributed by atoms with Crippen molar-refractivity contribution in [3.63, 3.8) is 0 Å². The summed E-state index contributed by atoms with van der Waals surface area (Å²) in [6.07, 6.45) is 4.25. The van der Waals surface area contributed by atoms with E-state index in [9.17, 15) is 9.59 Å². The maximum Gasteiger partial charge on any atom is 0.252 e. The summed E-state index contributed by atoms with van der Waals surface area (Å²) in [5.41, 5.74) is 2.39. The van der Waals surface area contributed by atoms with Gasteiger partial charge >= 0.3 is 0 Å². The third-order valence-electron chi connectivity index (χ3n) is 6.58. The fourth-order valence-electron chi connectivity index (χ4n) is 4.78. The van der Waals surface area contributed by atoms with Gasteiger partial charge in [0, 0.05) is 37.3 Å². The minimum atomic E-state index is -0.675. The third-order valence-corrected chi connectivity index (χ3v) is 6.58. The normalized spacial score (nSPS) is 17.8. The van der Waals surface area contributed by atoms with Crippen LogP contribution in [0.3, 0.4) is 0 Å². The Morgan fingerprint density at radius 3 is 2.39 bits per heavy atom. The van der Waals surface area contributed by atoms with Crippen molar-refractivity contribution in [1.82, 2.24) is 25.5 Å². The zero-order valence-electron chi connectivity index (χ0n) is 19.5. The number of ether oxygens (including phenoxy) is 3. The van der Waals surface area contributed by atoms with E-state index in [1.807, 2.05) is 4.90 Å². The molecule has 0 bridgehead atoms. The van der Waals surface area contributed by atoms with Crippen LogP contribution in [0.1, 0.15) is 41.5 Å². The van der Waals surface area contributed by atoms with E-state index in [-0.39, 0.29) is 11.4 Å². The highest BCUT2D eigenvalue weighted by molar-refractivity contribution is 5.98. The number of aromatic amines is 1. The van der Waals surface area contributed by atoms with Crippen LogP contribution in [0.4, 0.5) is 0 Å². The number of hydrogen-bond acceptors (Lipinski definition) is 7. The number of fused-ring (bicyclic) bond motifs is 2. The molecule has 2 aliphatic rings. The summed E-state index contributed by atoms with van der Waals surface area (Å²) in [4.78, 5) is 35.5. The topological polar surface area (TPSA) is 118 Å². The lowest BCUT2D eigenvalue weighted by atomic mass is 9.80. The molecule has 3 heterocycles. The van der Waals surface area contributed by atoms with Crippen LogP contribution in [0, 0.1) is 0 Å². The monoisotopic (exact) mass is 457 g/mol. The lowest BCUT2D eigenvalue weighted by Gasteiger charge is -2.44. The molecule has 1 fully saturated rings. The SMILES string of the molecule is COc1cc(C(=O)N[C@@H](C)C(=O)N2CCC3(CC2)NCCc2[nH]cnc23)cc(OC)c1OC. The zero-order chi connectivity index (χ0) is 23.6. The smallest absolute Gasteiger partial charge is 0.252 e. The first-order valence-corrected chi connectivity index (χ1v) is 11.1. The molecule has 1 aromatic heterocycles. The van der Waals surface area contributed by atoms with Gasteiger partial charge in [-0.15, -0.1) is 0 Å². The average Bonchev–Trinajstić information content (AvgIpc) is 3.33. The second kappa shape index (κ2) is 9.30. The number of nitrogens with one attached hydrogen (secondary N) is 3. The van der Waals surface area contributed by atoms with Crippen LogP contribution in [0.25, 0.3) is 0 Å². The highest BCUT2D eigenvalue weighted by atomic mass is 16.5. The van der Waals surface area contributed by atoms with Crippen molar-refractivity contribution < 1.29 is 23.8 Å². The quantitative estimate of drug-likeness (QED) is 0.597. The van der Waals surface area contributed by atoms with Crippen LogP contribution >= 0.6 is 0 Å². The lowest BCUT2D eigenvalue weighted by Crippen LogP contribution is -2.57.